The summed E-state index contributed by atoms with van der Waals surface area (Å²) in [6.45, 7) is 2.31. The van der Waals surface area contributed by atoms with Gasteiger partial charge in [-0.2, -0.15) is 5.10 Å². The van der Waals surface area contributed by atoms with Gasteiger partial charge in [-0.05, 0) is 42.3 Å². The molecule has 3 N–H and O–H groups in total. The number of primary amides is 1. The van der Waals surface area contributed by atoms with E-state index in [0.717, 1.165) is 16.9 Å². The molecular weight excluding hydrogens is 266 g/mol. The van der Waals surface area contributed by atoms with Crippen LogP contribution in [0.2, 0.25) is 0 Å². The molecule has 0 saturated carbocycles. The van der Waals surface area contributed by atoms with Gasteiger partial charge in [-0.15, -0.1) is 0 Å². The highest BCUT2D eigenvalue weighted by atomic mass is 16.5. The van der Waals surface area contributed by atoms with Crippen molar-refractivity contribution >= 4 is 11.7 Å². The van der Waals surface area contributed by atoms with Crippen LogP contribution in [0, 0.1) is 0 Å². The van der Waals surface area contributed by atoms with Crippen LogP contribution < -0.4 is 15.9 Å². The van der Waals surface area contributed by atoms with Gasteiger partial charge in [0.1, 0.15) is 12.4 Å². The lowest BCUT2D eigenvalue weighted by Gasteiger charge is -2.07. The van der Waals surface area contributed by atoms with Crippen LogP contribution in [-0.2, 0) is 6.61 Å². The first-order chi connectivity index (χ1) is 10.1. The Morgan fingerprint density at radius 2 is 1.81 bits per heavy atom. The second-order valence-corrected chi connectivity index (χ2v) is 4.47. The highest BCUT2D eigenvalue weighted by Gasteiger charge is 2.00. The summed E-state index contributed by atoms with van der Waals surface area (Å²) in [5.74, 6) is 0.776. The summed E-state index contributed by atoms with van der Waals surface area (Å²) in [5.41, 5.74) is 9.83. The van der Waals surface area contributed by atoms with Gasteiger partial charge in [0.05, 0.1) is 5.71 Å². The van der Waals surface area contributed by atoms with Gasteiger partial charge in [0.15, 0.2) is 0 Å². The van der Waals surface area contributed by atoms with Gasteiger partial charge >= 0.3 is 6.03 Å². The quantitative estimate of drug-likeness (QED) is 0.653. The number of ether oxygens (including phenoxy) is 1. The molecule has 2 aromatic rings. The molecule has 0 heterocycles. The molecule has 5 nitrogen and oxygen atoms in total. The lowest BCUT2D eigenvalue weighted by atomic mass is 10.1. The smallest absolute Gasteiger partial charge is 0.332 e. The van der Waals surface area contributed by atoms with E-state index >= 15 is 0 Å². The number of carbonyl (C=O) groups is 1. The molecular formula is C16H17N3O2. The maximum atomic E-state index is 10.6. The Balaban J connectivity index is 1.96. The van der Waals surface area contributed by atoms with Crippen molar-refractivity contribution in [3.63, 3.8) is 0 Å². The molecule has 0 aromatic heterocycles. The van der Waals surface area contributed by atoms with Gasteiger partial charge in [0, 0.05) is 0 Å². The molecule has 0 unspecified atom stereocenters. The van der Waals surface area contributed by atoms with Crippen LogP contribution in [0.25, 0.3) is 0 Å². The van der Waals surface area contributed by atoms with E-state index in [2.05, 4.69) is 10.5 Å². The molecule has 5 heteroatoms. The maximum absolute atomic E-state index is 10.6. The summed E-state index contributed by atoms with van der Waals surface area (Å²) >= 11 is 0. The molecule has 21 heavy (non-hydrogen) atoms. The minimum atomic E-state index is -0.683. The number of hydrogen-bond donors (Lipinski definition) is 2. The molecule has 108 valence electrons. The number of hydrogen-bond acceptors (Lipinski definition) is 3. The molecule has 0 spiro atoms. The number of nitrogens with one attached hydrogen (secondary N) is 1. The molecule has 2 aromatic carbocycles. The minimum absolute atomic E-state index is 0.524. The molecule has 0 bridgehead atoms. The zero-order valence-electron chi connectivity index (χ0n) is 11.7. The summed E-state index contributed by atoms with van der Waals surface area (Å²) in [7, 11) is 0. The standard InChI is InChI=1S/C16H17N3O2/c1-12(18-19-16(17)20)14-7-9-15(10-8-14)21-11-13-5-3-2-4-6-13/h2-10H,11H2,1H3,(H3,17,19,20). The van der Waals surface area contributed by atoms with E-state index in [9.17, 15) is 4.79 Å². The molecule has 0 aliphatic carbocycles. The number of amides is 2. The summed E-state index contributed by atoms with van der Waals surface area (Å²) in [6, 6.07) is 16.8. The zero-order valence-corrected chi connectivity index (χ0v) is 11.7. The SMILES string of the molecule is CC(=NNC(N)=O)c1ccc(OCc2ccccc2)cc1. The van der Waals surface area contributed by atoms with Crippen molar-refractivity contribution in [2.45, 2.75) is 13.5 Å². The third-order valence-electron chi connectivity index (χ3n) is 2.85. The number of nitrogens with zero attached hydrogens (tertiary/aromatic N) is 1. The first-order valence-corrected chi connectivity index (χ1v) is 6.52. The molecule has 2 amide bonds. The van der Waals surface area contributed by atoms with E-state index in [-0.39, 0.29) is 0 Å². The van der Waals surface area contributed by atoms with Gasteiger partial charge in [-0.1, -0.05) is 30.3 Å². The average molecular weight is 283 g/mol. The lowest BCUT2D eigenvalue weighted by Crippen LogP contribution is -2.25. The van der Waals surface area contributed by atoms with Gasteiger partial charge < -0.3 is 10.5 Å². The van der Waals surface area contributed by atoms with Crippen LogP contribution in [0.5, 0.6) is 5.75 Å². The van der Waals surface area contributed by atoms with Crippen LogP contribution in [0.1, 0.15) is 18.1 Å². The molecule has 2 rings (SSSR count). The van der Waals surface area contributed by atoms with Crippen LogP contribution in [0.4, 0.5) is 4.79 Å². The first-order valence-electron chi connectivity index (χ1n) is 6.52. The van der Waals surface area contributed by atoms with Crippen molar-refractivity contribution in [3.8, 4) is 5.75 Å². The Morgan fingerprint density at radius 3 is 2.43 bits per heavy atom. The predicted octanol–water partition coefficient (Wildman–Crippen LogP) is 2.66. The van der Waals surface area contributed by atoms with Gasteiger partial charge in [-0.3, -0.25) is 0 Å². The fraction of sp³-hybridized carbons (Fsp3) is 0.125. The van der Waals surface area contributed by atoms with Crippen molar-refractivity contribution in [2.75, 3.05) is 0 Å². The van der Waals surface area contributed by atoms with Crippen molar-refractivity contribution in [1.29, 1.82) is 0 Å². The number of carbonyl (C=O) groups excluding carboxylic acids is 1. The molecule has 0 radical (unpaired) electrons. The Hall–Kier alpha value is -2.82. The van der Waals surface area contributed by atoms with Crippen LogP contribution in [0.3, 0.4) is 0 Å². The number of benzene rings is 2. The van der Waals surface area contributed by atoms with E-state index in [0.29, 0.717) is 12.3 Å². The van der Waals surface area contributed by atoms with E-state index in [4.69, 9.17) is 10.5 Å². The Bertz CT molecular complexity index is 622. The fourth-order valence-electron chi connectivity index (χ4n) is 1.74. The highest BCUT2D eigenvalue weighted by molar-refractivity contribution is 5.99. The Morgan fingerprint density at radius 1 is 1.14 bits per heavy atom. The minimum Gasteiger partial charge on any atom is -0.489 e. The van der Waals surface area contributed by atoms with E-state index in [1.165, 1.54) is 0 Å². The first kappa shape index (κ1) is 14.6. The lowest BCUT2D eigenvalue weighted by molar-refractivity contribution is 0.249. The van der Waals surface area contributed by atoms with Crippen molar-refractivity contribution in [3.05, 3.63) is 65.7 Å². The summed E-state index contributed by atoms with van der Waals surface area (Å²) < 4.78 is 5.70. The fourth-order valence-corrected chi connectivity index (χ4v) is 1.74. The van der Waals surface area contributed by atoms with Gasteiger partial charge in [0.25, 0.3) is 0 Å². The van der Waals surface area contributed by atoms with Crippen LogP contribution >= 0.6 is 0 Å². The third kappa shape index (κ3) is 4.65. The van der Waals surface area contributed by atoms with E-state index in [1.807, 2.05) is 54.6 Å². The molecule has 0 fully saturated rings. The molecule has 0 saturated heterocycles. The average Bonchev–Trinajstić information content (AvgIpc) is 2.52. The summed E-state index contributed by atoms with van der Waals surface area (Å²) in [5, 5.41) is 3.87. The second-order valence-electron chi connectivity index (χ2n) is 4.47. The van der Waals surface area contributed by atoms with Gasteiger partial charge in [0.2, 0.25) is 0 Å². The summed E-state index contributed by atoms with van der Waals surface area (Å²) in [6.07, 6.45) is 0. The molecule has 0 aliphatic rings. The number of rotatable bonds is 5. The van der Waals surface area contributed by atoms with Crippen LogP contribution in [-0.4, -0.2) is 11.7 Å². The largest absolute Gasteiger partial charge is 0.489 e. The van der Waals surface area contributed by atoms with E-state index in [1.54, 1.807) is 6.92 Å². The molecule has 0 aliphatic heterocycles. The van der Waals surface area contributed by atoms with Gasteiger partial charge in [-0.25, -0.2) is 10.2 Å². The second kappa shape index (κ2) is 7.09. The van der Waals surface area contributed by atoms with Crippen LogP contribution in [0.15, 0.2) is 59.7 Å². The monoisotopic (exact) mass is 283 g/mol. The number of urea groups is 1. The van der Waals surface area contributed by atoms with E-state index < -0.39 is 6.03 Å². The number of nitrogens with two attached hydrogens (primary N) is 1. The maximum Gasteiger partial charge on any atom is 0.332 e. The van der Waals surface area contributed by atoms with Crippen molar-refractivity contribution < 1.29 is 9.53 Å². The van der Waals surface area contributed by atoms with Crippen molar-refractivity contribution in [2.24, 2.45) is 10.8 Å². The highest BCUT2D eigenvalue weighted by Crippen LogP contribution is 2.14. The molecule has 0 atom stereocenters. The zero-order chi connectivity index (χ0) is 15.1. The third-order valence-corrected chi connectivity index (χ3v) is 2.85. The normalized spacial score (nSPS) is 11.0. The summed E-state index contributed by atoms with van der Waals surface area (Å²) in [4.78, 5) is 10.6. The predicted molar refractivity (Wildman–Crippen MR) is 82.1 cm³/mol. The Labute approximate surface area is 123 Å². The van der Waals surface area contributed by atoms with Crippen molar-refractivity contribution in [1.82, 2.24) is 5.43 Å². The Kier molecular flexibility index (Phi) is 4.93. The topological polar surface area (TPSA) is 76.7 Å². The number of hydrazone groups is 1.